The number of H-pyrrole nitrogens is 1. The molecule has 0 amide bonds. The van der Waals surface area contributed by atoms with Gasteiger partial charge < -0.3 is 10.5 Å². The zero-order chi connectivity index (χ0) is 66.2. The lowest BCUT2D eigenvalue weighted by atomic mass is 10.0. The lowest BCUT2D eigenvalue weighted by Gasteiger charge is -2.16. The molecule has 468 valence electrons. The molecule has 0 aliphatic carbocycles. The van der Waals surface area contributed by atoms with E-state index in [-0.39, 0.29) is 80.8 Å². The number of halogens is 10. The third kappa shape index (κ3) is 23.7. The summed E-state index contributed by atoms with van der Waals surface area (Å²) in [5.74, 6) is -1.08. The minimum atomic E-state index is -0.814. The van der Waals surface area contributed by atoms with Crippen LogP contribution < -0.4 is 55.5 Å². The van der Waals surface area contributed by atoms with Gasteiger partial charge in [-0.2, -0.15) is 0 Å². The number of aromatic amines is 1. The number of benzene rings is 4. The third-order valence-electron chi connectivity index (χ3n) is 11.6. The highest BCUT2D eigenvalue weighted by atomic mass is 127. The van der Waals surface area contributed by atoms with Crippen molar-refractivity contribution in [1.29, 1.82) is 0 Å². The van der Waals surface area contributed by atoms with Gasteiger partial charge in [0.1, 0.15) is 39.1 Å². The Kier molecular flexibility index (Phi) is 33.3. The summed E-state index contributed by atoms with van der Waals surface area (Å²) in [6, 6.07) is 26.8. The predicted octanol–water partition coefficient (Wildman–Crippen LogP) is 9.79. The highest BCUT2D eigenvalue weighted by Gasteiger charge is 2.21. The molecule has 30 heteroatoms. The number of nitrogens with zero attached hydrogens (tertiary/aromatic N) is 7. The number of carbonyl (C=O) groups is 2. The molecule has 0 aliphatic rings. The quantitative estimate of drug-likeness (QED) is 0.0342. The number of rotatable bonds is 9. The van der Waals surface area contributed by atoms with Gasteiger partial charge in [0, 0.05) is 118 Å². The van der Waals surface area contributed by atoms with Gasteiger partial charge in [-0.05, 0) is 161 Å². The van der Waals surface area contributed by atoms with Crippen molar-refractivity contribution in [2.45, 2.75) is 67.1 Å². The minimum absolute atomic E-state index is 0.0107. The number of ketones is 1. The van der Waals surface area contributed by atoms with Gasteiger partial charge in [0.05, 0.1) is 5.69 Å². The molecule has 0 aliphatic heterocycles. The molecular formula is C57H59BrCl3F3I3N9O11. The Bertz CT molecular complexity index is 4180. The predicted molar refractivity (Wildman–Crippen MR) is 362 cm³/mol. The van der Waals surface area contributed by atoms with Crippen LogP contribution in [0.4, 0.5) is 23.7 Å². The van der Waals surface area contributed by atoms with Crippen molar-refractivity contribution in [3.8, 4) is 5.75 Å². The minimum Gasteiger partial charge on any atom is -0.415 e. The van der Waals surface area contributed by atoms with Gasteiger partial charge in [0.15, 0.2) is 5.78 Å². The molecule has 8 rings (SSSR count). The summed E-state index contributed by atoms with van der Waals surface area (Å²) < 4.78 is 55.5. The first-order valence-electron chi connectivity index (χ1n) is 25.4. The smallest absolute Gasteiger partial charge is 0.409 e. The van der Waals surface area contributed by atoms with Crippen molar-refractivity contribution in [3.05, 3.63) is 253 Å². The number of carbonyl (C=O) groups excluding carboxylic acids is 2. The van der Waals surface area contributed by atoms with E-state index in [1.54, 1.807) is 74.5 Å². The van der Waals surface area contributed by atoms with E-state index >= 15 is 0 Å². The molecule has 0 spiro atoms. The summed E-state index contributed by atoms with van der Waals surface area (Å²) in [5, 5.41) is 1.31. The van der Waals surface area contributed by atoms with Gasteiger partial charge in [-0.25, -0.2) is 37.1 Å². The van der Waals surface area contributed by atoms with Crippen molar-refractivity contribution < 1.29 is 27.5 Å². The van der Waals surface area contributed by atoms with Crippen molar-refractivity contribution in [2.24, 2.45) is 28.2 Å². The number of aromatic nitrogens is 8. The number of hydrogen-bond acceptors (Lipinski definition) is 12. The van der Waals surface area contributed by atoms with Crippen LogP contribution in [0.25, 0.3) is 0 Å². The average Bonchev–Trinajstić information content (AvgIpc) is 1.48. The Morgan fingerprint density at radius 1 is 0.586 bits per heavy atom. The van der Waals surface area contributed by atoms with Crippen LogP contribution in [0.2, 0.25) is 10.3 Å². The fourth-order valence-corrected chi connectivity index (χ4v) is 9.03. The van der Waals surface area contributed by atoms with Gasteiger partial charge in [-0.15, -0.1) is 0 Å². The molecule has 0 fully saturated rings. The maximum Gasteiger partial charge on any atom is 0.409 e. The molecule has 0 radical (unpaired) electrons. The van der Waals surface area contributed by atoms with E-state index in [9.17, 15) is 61.1 Å². The Morgan fingerprint density at radius 2 is 1.02 bits per heavy atom. The molecule has 0 atom stereocenters. The summed E-state index contributed by atoms with van der Waals surface area (Å²) in [6.45, 7) is 9.85. The standard InChI is InChI=1S/C16H16FIN2O3.C14H14FIN2O2.C7H9ClN2O2.C7H5ClO2.C6H5FIN.C5H5ClN2O2.C2H5Br/c1-4-20-13(7-10-5-6-11(18)8-12(10)17)14(9(2)21)15(22)19(3)16(20)23;1-3-18-11(8-13(19)17(2)14(18)20)6-9-4-5-10(16)7-12(9)15;1-3-10-5(8)4-6(11)9(2)7(10)12;8-7(9)10-6-4-2-1-3-5-6;7-5-3-4(8)1-2-6(5)9;1-8-4(9)2-3(6)7-5(8)10;1-2-3/h5-6,8H,4,7H2,1-3H3;4-5,7-8H,3,6H2,1-2H3;4H,3H2,1-2H3;1-5H;1-3H,9H2;2H,1H3,(H,7,10);2H2,1H3. The van der Waals surface area contributed by atoms with Gasteiger partial charge in [0.2, 0.25) is 0 Å². The van der Waals surface area contributed by atoms with Crippen LogP contribution in [0.5, 0.6) is 5.75 Å². The topological polar surface area (TPSA) is 256 Å². The fourth-order valence-electron chi connectivity index (χ4n) is 7.12. The number of anilines is 1. The van der Waals surface area contributed by atoms with Crippen LogP contribution in [0.1, 0.15) is 67.5 Å². The van der Waals surface area contributed by atoms with Gasteiger partial charge in [-0.1, -0.05) is 76.4 Å². The van der Waals surface area contributed by atoms with Crippen molar-refractivity contribution >= 4 is 135 Å². The molecule has 87 heavy (non-hydrogen) atoms. The second-order valence-corrected chi connectivity index (χ2v) is 23.4. The van der Waals surface area contributed by atoms with Gasteiger partial charge in [0.25, 0.3) is 22.2 Å². The van der Waals surface area contributed by atoms with E-state index in [0.717, 1.165) is 40.4 Å². The summed E-state index contributed by atoms with van der Waals surface area (Å²) >= 11 is 25.2. The normalized spacial score (nSPS) is 10.1. The lowest BCUT2D eigenvalue weighted by Crippen LogP contribution is -2.43. The molecule has 4 aromatic carbocycles. The second kappa shape index (κ2) is 37.7. The monoisotopic (exact) mass is 1670 g/mol. The zero-order valence-corrected chi connectivity index (χ0v) is 58.4. The first-order valence-corrected chi connectivity index (χ1v) is 30.9. The molecule has 4 aromatic heterocycles. The number of nitrogens with one attached hydrogen (secondary N) is 1. The summed E-state index contributed by atoms with van der Waals surface area (Å²) in [7, 11) is 5.56. The number of Topliss-reactive ketones (excluding diaryl/α,β-unsaturated/α-hetero) is 1. The molecule has 3 N–H and O–H groups in total. The lowest BCUT2D eigenvalue weighted by molar-refractivity contribution is 0.101. The van der Waals surface area contributed by atoms with E-state index in [4.69, 9.17) is 40.5 Å². The van der Waals surface area contributed by atoms with Gasteiger partial charge in [-0.3, -0.25) is 60.9 Å². The Balaban J connectivity index is 0.000000366. The van der Waals surface area contributed by atoms with Crippen LogP contribution in [-0.4, -0.2) is 53.5 Å². The largest absolute Gasteiger partial charge is 0.415 e. The maximum absolute atomic E-state index is 14.1. The Morgan fingerprint density at radius 3 is 1.46 bits per heavy atom. The number of nitrogens with two attached hydrogens (primary N) is 1. The van der Waals surface area contributed by atoms with E-state index < -0.39 is 39.5 Å². The average molecular weight is 1670 g/mol. The molecule has 0 saturated heterocycles. The zero-order valence-electron chi connectivity index (χ0n) is 48.0. The fraction of sp³-hybridized carbons (Fsp3) is 0.263. The van der Waals surface area contributed by atoms with Crippen LogP contribution in [0.3, 0.4) is 0 Å². The Labute approximate surface area is 559 Å². The Hall–Kier alpha value is -6.13. The van der Waals surface area contributed by atoms with Crippen molar-refractivity contribution in [3.63, 3.8) is 0 Å². The SMILES string of the molecule is CCBr.CCn1c(Cc2ccc(I)cc2F)c(C(C)=O)c(=O)n(C)c1=O.CCn1c(Cc2ccc(I)cc2F)cc(=O)n(C)c1=O.CCn1c(Cl)cc(=O)n(C)c1=O.Cn1c(=O)cc(Cl)[nH]c1=O.Nc1ccc(I)cc1F.O=C(Cl)Oc1ccccc1. The number of nitrogen functional groups attached to an aromatic ring is 1. The first kappa shape index (κ1) is 77.0. The highest BCUT2D eigenvalue weighted by molar-refractivity contribution is 14.1. The molecule has 0 saturated carbocycles. The van der Waals surface area contributed by atoms with Crippen LogP contribution >= 0.6 is 119 Å². The summed E-state index contributed by atoms with van der Waals surface area (Å²) in [6.07, 6.45) is 0.235. The number of hydrogen-bond donors (Lipinski definition) is 2. The van der Waals surface area contributed by atoms with E-state index in [0.29, 0.717) is 35.7 Å². The number of alkyl halides is 1. The molecule has 4 heterocycles. The number of para-hydroxylation sites is 1. The molecule has 20 nitrogen and oxygen atoms in total. The van der Waals surface area contributed by atoms with E-state index in [1.165, 1.54) is 79.1 Å². The molecule has 0 bridgehead atoms. The van der Waals surface area contributed by atoms with Gasteiger partial charge >= 0.3 is 28.2 Å². The summed E-state index contributed by atoms with van der Waals surface area (Å²) in [4.78, 5) is 116. The van der Waals surface area contributed by atoms with Crippen molar-refractivity contribution in [2.75, 3.05) is 11.1 Å². The van der Waals surface area contributed by atoms with E-state index in [2.05, 4.69) is 25.7 Å². The second-order valence-electron chi connectivity index (χ2n) is 17.5. The van der Waals surface area contributed by atoms with Crippen molar-refractivity contribution in [1.82, 2.24) is 37.0 Å². The maximum atomic E-state index is 14.1. The number of ether oxygens (including phenoxy) is 1. The molecule has 0 unspecified atom stereocenters. The highest BCUT2D eigenvalue weighted by Crippen LogP contribution is 2.19. The van der Waals surface area contributed by atoms with Crippen LogP contribution in [0.15, 0.2) is 141 Å². The third-order valence-corrected chi connectivity index (χ3v) is 14.2. The summed E-state index contributed by atoms with van der Waals surface area (Å²) in [5.41, 5.74) is 2.56. The first-order chi connectivity index (χ1) is 40.8. The van der Waals surface area contributed by atoms with E-state index in [1.807, 2.05) is 87.7 Å². The van der Waals surface area contributed by atoms with Crippen LogP contribution in [0, 0.1) is 28.2 Å². The van der Waals surface area contributed by atoms with Crippen LogP contribution in [-0.2, 0) is 60.7 Å². The molecule has 8 aromatic rings. The molecular weight excluding hydrogens is 1610 g/mol.